The summed E-state index contributed by atoms with van der Waals surface area (Å²) in [7, 11) is 0. The highest BCUT2D eigenvalue weighted by Crippen LogP contribution is 2.12. The van der Waals surface area contributed by atoms with Crippen LogP contribution in [-0.2, 0) is 6.54 Å². The van der Waals surface area contributed by atoms with Gasteiger partial charge in [-0.3, -0.25) is 19.0 Å². The van der Waals surface area contributed by atoms with Gasteiger partial charge in [-0.15, -0.1) is 11.3 Å². The van der Waals surface area contributed by atoms with Crippen molar-refractivity contribution in [2.24, 2.45) is 0 Å². The molecular formula is C15H22N4O2S. The quantitative estimate of drug-likeness (QED) is 0.875. The van der Waals surface area contributed by atoms with E-state index in [0.29, 0.717) is 6.54 Å². The summed E-state index contributed by atoms with van der Waals surface area (Å²) in [5.74, 6) is 0. The molecule has 2 aromatic heterocycles. The lowest BCUT2D eigenvalue weighted by Crippen LogP contribution is -2.50. The van der Waals surface area contributed by atoms with Crippen molar-refractivity contribution in [2.75, 3.05) is 32.8 Å². The molecule has 0 radical (unpaired) electrons. The maximum absolute atomic E-state index is 12.0. The predicted octanol–water partition coefficient (Wildman–Crippen LogP) is 0.645. The number of aromatic nitrogens is 2. The first-order chi connectivity index (χ1) is 10.7. The highest BCUT2D eigenvalue weighted by atomic mass is 32.1. The van der Waals surface area contributed by atoms with Crippen LogP contribution in [0.3, 0.4) is 0 Å². The summed E-state index contributed by atoms with van der Waals surface area (Å²) in [6.07, 6.45) is 2.74. The Kier molecular flexibility index (Phi) is 4.87. The molecule has 7 heteroatoms. The molecule has 1 atom stereocenters. The second-order valence-corrected chi connectivity index (χ2v) is 6.57. The van der Waals surface area contributed by atoms with Crippen LogP contribution in [0.5, 0.6) is 0 Å². The molecule has 0 aromatic carbocycles. The van der Waals surface area contributed by atoms with Crippen molar-refractivity contribution in [3.63, 3.8) is 0 Å². The fourth-order valence-electron chi connectivity index (χ4n) is 2.99. The van der Waals surface area contributed by atoms with Crippen LogP contribution in [0, 0.1) is 0 Å². The standard InChI is InChI=1S/C15H22N4O2S/c1-2-13(11-20)18-5-3-17(4-6-18)10-12-9-14(21)19-7-8-22-15(19)16-12/h7-9,13,20H,2-6,10-11H2,1H3. The van der Waals surface area contributed by atoms with E-state index in [-0.39, 0.29) is 18.2 Å². The minimum atomic E-state index is -0.00814. The van der Waals surface area contributed by atoms with Gasteiger partial charge in [0.15, 0.2) is 4.96 Å². The summed E-state index contributed by atoms with van der Waals surface area (Å²) in [6.45, 7) is 6.86. The smallest absolute Gasteiger partial charge is 0.258 e. The van der Waals surface area contributed by atoms with Crippen LogP contribution in [0.2, 0.25) is 0 Å². The molecule has 120 valence electrons. The normalized spacial score (nSPS) is 18.8. The van der Waals surface area contributed by atoms with Crippen molar-refractivity contribution < 1.29 is 5.11 Å². The molecule has 1 saturated heterocycles. The first kappa shape index (κ1) is 15.6. The number of hydrogen-bond donors (Lipinski definition) is 1. The van der Waals surface area contributed by atoms with Crippen molar-refractivity contribution in [1.82, 2.24) is 19.2 Å². The van der Waals surface area contributed by atoms with E-state index in [1.54, 1.807) is 16.7 Å². The number of rotatable bonds is 5. The van der Waals surface area contributed by atoms with Crippen LogP contribution in [-0.4, -0.2) is 63.1 Å². The van der Waals surface area contributed by atoms with Crippen molar-refractivity contribution in [3.8, 4) is 0 Å². The molecule has 1 fully saturated rings. The third kappa shape index (κ3) is 3.22. The lowest BCUT2D eigenvalue weighted by molar-refractivity contribution is 0.0604. The molecule has 3 rings (SSSR count). The van der Waals surface area contributed by atoms with E-state index in [1.165, 1.54) is 11.3 Å². The average Bonchev–Trinajstić information content (AvgIpc) is 2.99. The van der Waals surface area contributed by atoms with E-state index >= 15 is 0 Å². The molecule has 0 amide bonds. The number of fused-ring (bicyclic) bond motifs is 1. The zero-order valence-corrected chi connectivity index (χ0v) is 13.6. The molecule has 22 heavy (non-hydrogen) atoms. The molecule has 0 bridgehead atoms. The van der Waals surface area contributed by atoms with Gasteiger partial charge in [0.25, 0.3) is 5.56 Å². The Labute approximate surface area is 133 Å². The number of piperazine rings is 1. The van der Waals surface area contributed by atoms with Crippen molar-refractivity contribution in [1.29, 1.82) is 0 Å². The van der Waals surface area contributed by atoms with E-state index in [4.69, 9.17) is 0 Å². The van der Waals surface area contributed by atoms with Crippen LogP contribution >= 0.6 is 11.3 Å². The predicted molar refractivity (Wildman–Crippen MR) is 87.4 cm³/mol. The van der Waals surface area contributed by atoms with E-state index in [9.17, 15) is 9.90 Å². The zero-order valence-electron chi connectivity index (χ0n) is 12.8. The highest BCUT2D eigenvalue weighted by molar-refractivity contribution is 7.15. The minimum absolute atomic E-state index is 0.00814. The summed E-state index contributed by atoms with van der Waals surface area (Å²) in [5.41, 5.74) is 0.835. The van der Waals surface area contributed by atoms with Crippen molar-refractivity contribution in [2.45, 2.75) is 25.9 Å². The monoisotopic (exact) mass is 322 g/mol. The second-order valence-electron chi connectivity index (χ2n) is 5.70. The minimum Gasteiger partial charge on any atom is -0.395 e. The molecule has 2 aromatic rings. The van der Waals surface area contributed by atoms with Gasteiger partial charge in [0.05, 0.1) is 12.3 Å². The number of thiazole rings is 1. The Hall–Kier alpha value is -1.28. The molecule has 0 spiro atoms. The van der Waals surface area contributed by atoms with Crippen LogP contribution in [0.4, 0.5) is 0 Å². The number of nitrogens with zero attached hydrogens (tertiary/aromatic N) is 4. The fourth-order valence-corrected chi connectivity index (χ4v) is 3.73. The second kappa shape index (κ2) is 6.87. The largest absolute Gasteiger partial charge is 0.395 e. The van der Waals surface area contributed by atoms with E-state index in [2.05, 4.69) is 21.7 Å². The van der Waals surface area contributed by atoms with Crippen LogP contribution in [0.1, 0.15) is 19.0 Å². The molecule has 1 aliphatic heterocycles. The van der Waals surface area contributed by atoms with Gasteiger partial charge in [0.1, 0.15) is 0 Å². The van der Waals surface area contributed by atoms with Gasteiger partial charge in [-0.05, 0) is 6.42 Å². The number of aliphatic hydroxyl groups is 1. The Morgan fingerprint density at radius 2 is 2.14 bits per heavy atom. The highest BCUT2D eigenvalue weighted by Gasteiger charge is 2.22. The Morgan fingerprint density at radius 3 is 2.82 bits per heavy atom. The van der Waals surface area contributed by atoms with E-state index in [1.807, 2.05) is 5.38 Å². The SMILES string of the molecule is CCC(CO)N1CCN(Cc2cc(=O)n3ccsc3n2)CC1. The molecule has 0 saturated carbocycles. The molecule has 1 aliphatic rings. The lowest BCUT2D eigenvalue weighted by atomic mass is 10.1. The third-order valence-corrected chi connectivity index (χ3v) is 5.10. The van der Waals surface area contributed by atoms with Gasteiger partial charge in [-0.1, -0.05) is 6.92 Å². The van der Waals surface area contributed by atoms with Gasteiger partial charge in [0, 0.05) is 56.4 Å². The summed E-state index contributed by atoms with van der Waals surface area (Å²) in [6, 6.07) is 1.90. The summed E-state index contributed by atoms with van der Waals surface area (Å²) in [4.78, 5) is 22.0. The van der Waals surface area contributed by atoms with Gasteiger partial charge in [0.2, 0.25) is 0 Å². The topological polar surface area (TPSA) is 61.1 Å². The number of aliphatic hydroxyl groups excluding tert-OH is 1. The van der Waals surface area contributed by atoms with E-state index < -0.39 is 0 Å². The number of hydrogen-bond acceptors (Lipinski definition) is 6. The third-order valence-electron chi connectivity index (χ3n) is 4.35. The van der Waals surface area contributed by atoms with Gasteiger partial charge >= 0.3 is 0 Å². The average molecular weight is 322 g/mol. The Morgan fingerprint density at radius 1 is 1.36 bits per heavy atom. The summed E-state index contributed by atoms with van der Waals surface area (Å²) < 4.78 is 1.58. The first-order valence-corrected chi connectivity index (χ1v) is 8.62. The zero-order chi connectivity index (χ0) is 15.5. The first-order valence-electron chi connectivity index (χ1n) is 7.74. The molecule has 1 N–H and O–H groups in total. The molecule has 0 aliphatic carbocycles. The van der Waals surface area contributed by atoms with Crippen LogP contribution < -0.4 is 5.56 Å². The summed E-state index contributed by atoms with van der Waals surface area (Å²) >= 11 is 1.49. The van der Waals surface area contributed by atoms with Gasteiger partial charge in [-0.25, -0.2) is 4.98 Å². The Balaban J connectivity index is 1.63. The van der Waals surface area contributed by atoms with Crippen molar-refractivity contribution >= 4 is 16.3 Å². The Bertz CT molecular complexity index is 671. The summed E-state index contributed by atoms with van der Waals surface area (Å²) in [5, 5.41) is 11.3. The lowest BCUT2D eigenvalue weighted by Gasteiger charge is -2.38. The van der Waals surface area contributed by atoms with Crippen molar-refractivity contribution in [3.05, 3.63) is 33.7 Å². The van der Waals surface area contributed by atoms with Crippen LogP contribution in [0.15, 0.2) is 22.4 Å². The molecule has 1 unspecified atom stereocenters. The van der Waals surface area contributed by atoms with Gasteiger partial charge < -0.3 is 5.11 Å². The van der Waals surface area contributed by atoms with Crippen LogP contribution in [0.25, 0.3) is 4.96 Å². The fraction of sp³-hybridized carbons (Fsp3) is 0.600. The molecule has 6 nitrogen and oxygen atoms in total. The van der Waals surface area contributed by atoms with E-state index in [0.717, 1.165) is 43.3 Å². The molecule has 3 heterocycles. The maximum atomic E-state index is 12.0. The van der Waals surface area contributed by atoms with Gasteiger partial charge in [-0.2, -0.15) is 0 Å². The molecular weight excluding hydrogens is 300 g/mol. The maximum Gasteiger partial charge on any atom is 0.258 e.